The fourth-order valence-corrected chi connectivity index (χ4v) is 4.72. The van der Waals surface area contributed by atoms with E-state index in [0.717, 1.165) is 43.7 Å². The zero-order valence-corrected chi connectivity index (χ0v) is 16.1. The molecule has 0 aromatic heterocycles. The Kier molecular flexibility index (Phi) is 5.06. The molecule has 2 aromatic rings. The van der Waals surface area contributed by atoms with E-state index in [4.69, 9.17) is 9.47 Å². The highest BCUT2D eigenvalue weighted by Gasteiger charge is 2.31. The van der Waals surface area contributed by atoms with Gasteiger partial charge in [-0.1, -0.05) is 25.0 Å². The summed E-state index contributed by atoms with van der Waals surface area (Å²) in [6.07, 6.45) is 6.70. The first kappa shape index (κ1) is 17.9. The van der Waals surface area contributed by atoms with Crippen LogP contribution in [0.1, 0.15) is 49.1 Å². The number of amides is 1. The predicted octanol–water partition coefficient (Wildman–Crippen LogP) is 4.61. The Morgan fingerprint density at radius 2 is 1.52 bits per heavy atom. The molecule has 0 bridgehead atoms. The topological polar surface area (TPSA) is 38.8 Å². The Bertz CT molecular complexity index is 773. The Hall–Kier alpha value is -2.49. The Labute approximate surface area is 161 Å². The number of carbonyl (C=O) groups is 1. The molecular weight excluding hydrogens is 338 g/mol. The first-order valence-electron chi connectivity index (χ1n) is 9.82. The standard InChI is InChI=1S/C23H27NO3/c1-26-17-7-9-19-20-10-8-18(27-2)14-23(20)21(22(19)13-17)11-12-24(15-25)16-5-3-4-6-16/h7-10,13-16,21H,3-6,11-12H2,1-2H3. The van der Waals surface area contributed by atoms with Gasteiger partial charge in [-0.3, -0.25) is 4.79 Å². The van der Waals surface area contributed by atoms with Crippen molar-refractivity contribution in [1.29, 1.82) is 0 Å². The highest BCUT2D eigenvalue weighted by Crippen LogP contribution is 2.48. The van der Waals surface area contributed by atoms with Crippen molar-refractivity contribution in [2.45, 2.75) is 44.1 Å². The minimum Gasteiger partial charge on any atom is -0.497 e. The summed E-state index contributed by atoms with van der Waals surface area (Å²) in [5.74, 6) is 2.01. The maximum Gasteiger partial charge on any atom is 0.209 e. The van der Waals surface area contributed by atoms with Crippen molar-refractivity contribution < 1.29 is 14.3 Å². The fraction of sp³-hybridized carbons (Fsp3) is 0.435. The second kappa shape index (κ2) is 7.63. The van der Waals surface area contributed by atoms with Gasteiger partial charge in [-0.2, -0.15) is 0 Å². The normalized spacial score (nSPS) is 16.1. The number of rotatable bonds is 7. The molecule has 0 saturated heterocycles. The number of benzene rings is 2. The third-order valence-electron chi connectivity index (χ3n) is 6.16. The molecule has 2 aliphatic carbocycles. The van der Waals surface area contributed by atoms with Gasteiger partial charge in [-0.15, -0.1) is 0 Å². The van der Waals surface area contributed by atoms with Crippen LogP contribution in [0.5, 0.6) is 11.5 Å². The van der Waals surface area contributed by atoms with E-state index >= 15 is 0 Å². The summed E-state index contributed by atoms with van der Waals surface area (Å²) in [6.45, 7) is 0.784. The molecule has 0 unspecified atom stereocenters. The monoisotopic (exact) mass is 365 g/mol. The third kappa shape index (κ3) is 3.29. The fourth-order valence-electron chi connectivity index (χ4n) is 4.72. The van der Waals surface area contributed by atoms with Gasteiger partial charge in [0.15, 0.2) is 0 Å². The van der Waals surface area contributed by atoms with E-state index < -0.39 is 0 Å². The Morgan fingerprint density at radius 3 is 2.00 bits per heavy atom. The van der Waals surface area contributed by atoms with Gasteiger partial charge in [0, 0.05) is 18.5 Å². The summed E-state index contributed by atoms with van der Waals surface area (Å²) in [7, 11) is 3.41. The van der Waals surface area contributed by atoms with Crippen LogP contribution in [-0.4, -0.2) is 38.1 Å². The number of carbonyl (C=O) groups excluding carboxylic acids is 1. The molecular formula is C23H27NO3. The van der Waals surface area contributed by atoms with E-state index in [9.17, 15) is 4.79 Å². The van der Waals surface area contributed by atoms with Crippen molar-refractivity contribution in [1.82, 2.24) is 4.90 Å². The molecule has 2 aliphatic rings. The highest BCUT2D eigenvalue weighted by atomic mass is 16.5. The first-order chi connectivity index (χ1) is 13.2. The largest absolute Gasteiger partial charge is 0.497 e. The molecule has 4 heteroatoms. The maximum absolute atomic E-state index is 11.7. The molecule has 0 N–H and O–H groups in total. The van der Waals surface area contributed by atoms with Gasteiger partial charge in [0.2, 0.25) is 6.41 Å². The van der Waals surface area contributed by atoms with Crippen LogP contribution in [0.3, 0.4) is 0 Å². The van der Waals surface area contributed by atoms with E-state index in [2.05, 4.69) is 24.3 Å². The number of fused-ring (bicyclic) bond motifs is 3. The summed E-state index contributed by atoms with van der Waals surface area (Å²) < 4.78 is 10.9. The number of hydrogen-bond acceptors (Lipinski definition) is 3. The molecule has 4 nitrogen and oxygen atoms in total. The van der Waals surface area contributed by atoms with Gasteiger partial charge in [0.05, 0.1) is 14.2 Å². The van der Waals surface area contributed by atoms with E-state index in [-0.39, 0.29) is 5.92 Å². The molecule has 0 aliphatic heterocycles. The molecule has 4 rings (SSSR count). The smallest absolute Gasteiger partial charge is 0.209 e. The molecule has 0 radical (unpaired) electrons. The van der Waals surface area contributed by atoms with E-state index in [0.29, 0.717) is 6.04 Å². The van der Waals surface area contributed by atoms with E-state index in [1.807, 2.05) is 17.0 Å². The summed E-state index contributed by atoms with van der Waals surface area (Å²) >= 11 is 0. The quantitative estimate of drug-likeness (QED) is 0.673. The number of nitrogens with zero attached hydrogens (tertiary/aromatic N) is 1. The molecule has 1 fully saturated rings. The van der Waals surface area contributed by atoms with Crippen LogP contribution in [0, 0.1) is 0 Å². The first-order valence-corrected chi connectivity index (χ1v) is 9.82. The number of ether oxygens (including phenoxy) is 2. The van der Waals surface area contributed by atoms with Gasteiger partial charge < -0.3 is 14.4 Å². The number of methoxy groups -OCH3 is 2. The van der Waals surface area contributed by atoms with Crippen LogP contribution in [0.4, 0.5) is 0 Å². The van der Waals surface area contributed by atoms with Gasteiger partial charge in [-0.05, 0) is 65.8 Å². The van der Waals surface area contributed by atoms with Crippen LogP contribution < -0.4 is 9.47 Å². The second-order valence-electron chi connectivity index (χ2n) is 7.53. The van der Waals surface area contributed by atoms with Crippen molar-refractivity contribution in [3.8, 4) is 22.6 Å². The highest BCUT2D eigenvalue weighted by molar-refractivity contribution is 5.80. The van der Waals surface area contributed by atoms with Crippen molar-refractivity contribution in [2.24, 2.45) is 0 Å². The summed E-state index contributed by atoms with van der Waals surface area (Å²) in [5, 5.41) is 0. The second-order valence-corrected chi connectivity index (χ2v) is 7.53. The molecule has 0 atom stereocenters. The molecule has 2 aromatic carbocycles. The number of hydrogen-bond donors (Lipinski definition) is 0. The average molecular weight is 365 g/mol. The maximum atomic E-state index is 11.7. The molecule has 27 heavy (non-hydrogen) atoms. The van der Waals surface area contributed by atoms with E-state index in [1.165, 1.54) is 35.1 Å². The van der Waals surface area contributed by atoms with Crippen LogP contribution in [0.15, 0.2) is 36.4 Å². The van der Waals surface area contributed by atoms with Crippen LogP contribution >= 0.6 is 0 Å². The summed E-state index contributed by atoms with van der Waals surface area (Å²) in [6, 6.07) is 13.0. The molecule has 0 heterocycles. The SMILES string of the molecule is COc1ccc2c(c1)C(CCN(C=O)C1CCCC1)c1cc(OC)ccc1-2. The molecule has 1 saturated carbocycles. The lowest BCUT2D eigenvalue weighted by molar-refractivity contribution is -0.120. The van der Waals surface area contributed by atoms with Crippen molar-refractivity contribution in [3.63, 3.8) is 0 Å². The summed E-state index contributed by atoms with van der Waals surface area (Å²) in [5.41, 5.74) is 5.10. The van der Waals surface area contributed by atoms with Gasteiger partial charge in [-0.25, -0.2) is 0 Å². The van der Waals surface area contributed by atoms with Gasteiger partial charge in [0.25, 0.3) is 0 Å². The lowest BCUT2D eigenvalue weighted by Gasteiger charge is -2.26. The molecule has 1 amide bonds. The Morgan fingerprint density at radius 1 is 0.963 bits per heavy atom. The van der Waals surface area contributed by atoms with Crippen molar-refractivity contribution in [2.75, 3.05) is 20.8 Å². The summed E-state index contributed by atoms with van der Waals surface area (Å²) in [4.78, 5) is 13.7. The predicted molar refractivity (Wildman–Crippen MR) is 106 cm³/mol. The average Bonchev–Trinajstić information content (AvgIpc) is 3.34. The molecule has 142 valence electrons. The van der Waals surface area contributed by atoms with Gasteiger partial charge in [0.1, 0.15) is 11.5 Å². The third-order valence-corrected chi connectivity index (χ3v) is 6.16. The zero-order valence-electron chi connectivity index (χ0n) is 16.1. The van der Waals surface area contributed by atoms with Crippen LogP contribution in [0.25, 0.3) is 11.1 Å². The van der Waals surface area contributed by atoms with Gasteiger partial charge >= 0.3 is 0 Å². The zero-order chi connectivity index (χ0) is 18.8. The lowest BCUT2D eigenvalue weighted by Crippen LogP contribution is -2.33. The lowest BCUT2D eigenvalue weighted by atomic mass is 9.93. The Balaban J connectivity index is 1.65. The van der Waals surface area contributed by atoms with E-state index in [1.54, 1.807) is 14.2 Å². The minimum absolute atomic E-state index is 0.254. The molecule has 0 spiro atoms. The van der Waals surface area contributed by atoms with Crippen molar-refractivity contribution in [3.05, 3.63) is 47.5 Å². The van der Waals surface area contributed by atoms with Crippen molar-refractivity contribution >= 4 is 6.41 Å². The van der Waals surface area contributed by atoms with Crippen LogP contribution in [0.2, 0.25) is 0 Å². The minimum atomic E-state index is 0.254. The van der Waals surface area contributed by atoms with Crippen LogP contribution in [-0.2, 0) is 4.79 Å².